The van der Waals surface area contributed by atoms with Crippen molar-refractivity contribution in [1.82, 2.24) is 5.32 Å². The van der Waals surface area contributed by atoms with Crippen molar-refractivity contribution >= 4 is 11.6 Å². The Morgan fingerprint density at radius 3 is 2.59 bits per heavy atom. The molecule has 0 aliphatic carbocycles. The van der Waals surface area contributed by atoms with E-state index in [1.807, 2.05) is 18.2 Å². The van der Waals surface area contributed by atoms with Gasteiger partial charge < -0.3 is 20.8 Å². The molecule has 1 aromatic rings. The predicted octanol–water partition coefficient (Wildman–Crippen LogP) is -0.0420. The largest absolute Gasteiger partial charge is 0.393 e. The highest BCUT2D eigenvalue weighted by atomic mass is 16.3. The monoisotopic (exact) mass is 238 g/mol. The lowest BCUT2D eigenvalue weighted by Gasteiger charge is -2.20. The number of hydrogen-bond donors (Lipinski definition) is 4. The van der Waals surface area contributed by atoms with Gasteiger partial charge in [0.2, 0.25) is 5.91 Å². The molecule has 0 radical (unpaired) electrons. The van der Waals surface area contributed by atoms with E-state index in [0.29, 0.717) is 0 Å². The Morgan fingerprint density at radius 1 is 1.35 bits per heavy atom. The van der Waals surface area contributed by atoms with Gasteiger partial charge in [-0.15, -0.1) is 0 Å². The molecule has 0 heterocycles. The third-order valence-electron chi connectivity index (χ3n) is 2.19. The van der Waals surface area contributed by atoms with Gasteiger partial charge in [-0.3, -0.25) is 4.79 Å². The van der Waals surface area contributed by atoms with E-state index in [9.17, 15) is 9.90 Å². The lowest BCUT2D eigenvalue weighted by molar-refractivity contribution is -0.115. The van der Waals surface area contributed by atoms with Gasteiger partial charge in [-0.05, 0) is 19.1 Å². The van der Waals surface area contributed by atoms with Crippen LogP contribution < -0.4 is 10.6 Å². The maximum atomic E-state index is 11.5. The number of aliphatic hydroxyl groups is 2. The van der Waals surface area contributed by atoms with Crippen LogP contribution in [0, 0.1) is 0 Å². The average molecular weight is 238 g/mol. The van der Waals surface area contributed by atoms with Gasteiger partial charge in [0.25, 0.3) is 0 Å². The van der Waals surface area contributed by atoms with Crippen LogP contribution in [0.5, 0.6) is 0 Å². The molecule has 0 saturated carbocycles. The molecule has 1 unspecified atom stereocenters. The number of anilines is 1. The molecule has 0 fully saturated rings. The summed E-state index contributed by atoms with van der Waals surface area (Å²) in [5.74, 6) is -0.190. The van der Waals surface area contributed by atoms with E-state index < -0.39 is 5.60 Å². The molecule has 4 N–H and O–H groups in total. The Kier molecular flexibility index (Phi) is 5.09. The van der Waals surface area contributed by atoms with Crippen LogP contribution in [0.15, 0.2) is 30.3 Å². The van der Waals surface area contributed by atoms with E-state index in [-0.39, 0.29) is 25.6 Å². The van der Waals surface area contributed by atoms with Gasteiger partial charge in [0.1, 0.15) is 0 Å². The molecule has 0 aliphatic rings. The van der Waals surface area contributed by atoms with Gasteiger partial charge in [0, 0.05) is 12.2 Å². The lowest BCUT2D eigenvalue weighted by atomic mass is 10.1. The summed E-state index contributed by atoms with van der Waals surface area (Å²) in [5, 5.41) is 23.8. The molecule has 0 saturated heterocycles. The molecule has 1 rings (SSSR count). The highest BCUT2D eigenvalue weighted by molar-refractivity contribution is 5.92. The molecular weight excluding hydrogens is 220 g/mol. The van der Waals surface area contributed by atoms with Crippen molar-refractivity contribution in [2.24, 2.45) is 0 Å². The molecule has 5 nitrogen and oxygen atoms in total. The van der Waals surface area contributed by atoms with E-state index in [0.717, 1.165) is 5.69 Å². The Bertz CT molecular complexity index is 352. The second kappa shape index (κ2) is 6.34. The summed E-state index contributed by atoms with van der Waals surface area (Å²) >= 11 is 0. The highest BCUT2D eigenvalue weighted by Gasteiger charge is 2.18. The van der Waals surface area contributed by atoms with Gasteiger partial charge in [0.15, 0.2) is 0 Å². The van der Waals surface area contributed by atoms with E-state index in [4.69, 9.17) is 5.11 Å². The van der Waals surface area contributed by atoms with E-state index in [1.54, 1.807) is 12.1 Å². The van der Waals surface area contributed by atoms with Crippen molar-refractivity contribution in [2.75, 3.05) is 25.0 Å². The lowest BCUT2D eigenvalue weighted by Crippen LogP contribution is -2.43. The number of benzene rings is 1. The zero-order valence-corrected chi connectivity index (χ0v) is 9.81. The Labute approximate surface area is 100 Å². The van der Waals surface area contributed by atoms with Crippen molar-refractivity contribution in [1.29, 1.82) is 0 Å². The van der Waals surface area contributed by atoms with Crippen molar-refractivity contribution in [3.05, 3.63) is 30.3 Å². The van der Waals surface area contributed by atoms with Gasteiger partial charge >= 0.3 is 0 Å². The third-order valence-corrected chi connectivity index (χ3v) is 2.19. The summed E-state index contributed by atoms with van der Waals surface area (Å²) in [6, 6.07) is 9.12. The van der Waals surface area contributed by atoms with Crippen LogP contribution in [0.4, 0.5) is 5.69 Å². The second-order valence-corrected chi connectivity index (χ2v) is 4.17. The first kappa shape index (κ1) is 13.6. The SMILES string of the molecule is CC(O)(CO)CNCC(=O)Nc1ccccc1. The smallest absolute Gasteiger partial charge is 0.238 e. The fourth-order valence-corrected chi connectivity index (χ4v) is 1.23. The molecule has 0 spiro atoms. The topological polar surface area (TPSA) is 81.6 Å². The van der Waals surface area contributed by atoms with Crippen LogP contribution in [-0.2, 0) is 4.79 Å². The summed E-state index contributed by atoms with van der Waals surface area (Å²) in [5.41, 5.74) is -0.472. The summed E-state index contributed by atoms with van der Waals surface area (Å²) < 4.78 is 0. The minimum Gasteiger partial charge on any atom is -0.393 e. The van der Waals surface area contributed by atoms with Crippen LogP contribution in [-0.4, -0.2) is 41.4 Å². The quantitative estimate of drug-likeness (QED) is 0.560. The van der Waals surface area contributed by atoms with Crippen LogP contribution in [0.3, 0.4) is 0 Å². The summed E-state index contributed by atoms with van der Waals surface area (Å²) in [7, 11) is 0. The third kappa shape index (κ3) is 5.44. The molecule has 1 aromatic carbocycles. The number of carbonyl (C=O) groups excluding carboxylic acids is 1. The Hall–Kier alpha value is -1.43. The summed E-state index contributed by atoms with van der Waals surface area (Å²) in [4.78, 5) is 11.5. The standard InChI is InChI=1S/C12H18N2O3/c1-12(17,9-15)8-13-7-11(16)14-10-5-3-2-4-6-10/h2-6,13,15,17H,7-9H2,1H3,(H,14,16). The minimum absolute atomic E-state index is 0.0883. The number of carbonyl (C=O) groups is 1. The average Bonchev–Trinajstić information content (AvgIpc) is 2.30. The zero-order chi connectivity index (χ0) is 12.7. The summed E-state index contributed by atoms with van der Waals surface area (Å²) in [6.45, 7) is 1.39. The van der Waals surface area contributed by atoms with E-state index in [2.05, 4.69) is 10.6 Å². The molecule has 17 heavy (non-hydrogen) atoms. The first-order valence-electron chi connectivity index (χ1n) is 5.42. The number of para-hydroxylation sites is 1. The molecule has 0 aliphatic heterocycles. The van der Waals surface area contributed by atoms with E-state index >= 15 is 0 Å². The second-order valence-electron chi connectivity index (χ2n) is 4.17. The summed E-state index contributed by atoms with van der Waals surface area (Å²) in [6.07, 6.45) is 0. The van der Waals surface area contributed by atoms with Gasteiger partial charge in [-0.2, -0.15) is 0 Å². The molecule has 1 atom stereocenters. The van der Waals surface area contributed by atoms with Crippen molar-refractivity contribution in [2.45, 2.75) is 12.5 Å². The molecule has 0 aromatic heterocycles. The minimum atomic E-state index is -1.20. The highest BCUT2D eigenvalue weighted by Crippen LogP contribution is 2.04. The number of hydrogen-bond acceptors (Lipinski definition) is 4. The first-order valence-corrected chi connectivity index (χ1v) is 5.42. The molecule has 94 valence electrons. The van der Waals surface area contributed by atoms with Crippen molar-refractivity contribution < 1.29 is 15.0 Å². The Balaban J connectivity index is 2.27. The van der Waals surface area contributed by atoms with Crippen LogP contribution in [0.2, 0.25) is 0 Å². The van der Waals surface area contributed by atoms with Gasteiger partial charge in [0.05, 0.1) is 18.8 Å². The van der Waals surface area contributed by atoms with Crippen LogP contribution >= 0.6 is 0 Å². The predicted molar refractivity (Wildman–Crippen MR) is 65.7 cm³/mol. The first-order chi connectivity index (χ1) is 8.03. The fourth-order valence-electron chi connectivity index (χ4n) is 1.23. The van der Waals surface area contributed by atoms with Crippen molar-refractivity contribution in [3.63, 3.8) is 0 Å². The number of rotatable bonds is 6. The normalized spacial score (nSPS) is 14.1. The van der Waals surface area contributed by atoms with Gasteiger partial charge in [-0.1, -0.05) is 18.2 Å². The molecular formula is C12H18N2O3. The van der Waals surface area contributed by atoms with Gasteiger partial charge in [-0.25, -0.2) is 0 Å². The zero-order valence-electron chi connectivity index (χ0n) is 9.81. The molecule has 0 bridgehead atoms. The number of aliphatic hydroxyl groups excluding tert-OH is 1. The maximum Gasteiger partial charge on any atom is 0.238 e. The van der Waals surface area contributed by atoms with Crippen molar-refractivity contribution in [3.8, 4) is 0 Å². The number of amides is 1. The van der Waals surface area contributed by atoms with Crippen LogP contribution in [0.25, 0.3) is 0 Å². The molecule has 5 heteroatoms. The molecule has 1 amide bonds. The van der Waals surface area contributed by atoms with Crippen LogP contribution in [0.1, 0.15) is 6.92 Å². The Morgan fingerprint density at radius 2 is 2.00 bits per heavy atom. The fraction of sp³-hybridized carbons (Fsp3) is 0.417. The van der Waals surface area contributed by atoms with E-state index in [1.165, 1.54) is 6.92 Å². The number of nitrogens with one attached hydrogen (secondary N) is 2. The maximum absolute atomic E-state index is 11.5.